The number of carboxylic acid groups (broad SMARTS) is 2. The molecule has 0 aliphatic rings. The largest absolute Gasteiger partial charge is 0.481 e. The third-order valence-corrected chi connectivity index (χ3v) is 3.38. The van der Waals surface area contributed by atoms with Crippen molar-refractivity contribution < 1.29 is 19.8 Å². The number of unbranched alkanes of at least 4 members (excludes halogenated alkanes) is 3. The van der Waals surface area contributed by atoms with Gasteiger partial charge in [0.25, 0.3) is 0 Å². The van der Waals surface area contributed by atoms with Gasteiger partial charge in [-0.05, 0) is 25.2 Å². The van der Waals surface area contributed by atoms with E-state index in [9.17, 15) is 9.59 Å². The molecular weight excluding hydrogens is 244 g/mol. The molecule has 0 aliphatic carbocycles. The summed E-state index contributed by atoms with van der Waals surface area (Å²) in [5, 5.41) is 17.6. The Morgan fingerprint density at radius 3 is 1.84 bits per heavy atom. The van der Waals surface area contributed by atoms with E-state index in [1.54, 1.807) is 0 Å². The molecule has 19 heavy (non-hydrogen) atoms. The molecule has 0 heterocycles. The summed E-state index contributed by atoms with van der Waals surface area (Å²) < 4.78 is 0. The Morgan fingerprint density at radius 1 is 0.842 bits per heavy atom. The van der Waals surface area contributed by atoms with Crippen LogP contribution in [0.4, 0.5) is 0 Å². The van der Waals surface area contributed by atoms with Crippen LogP contribution in [-0.2, 0) is 9.59 Å². The van der Waals surface area contributed by atoms with Gasteiger partial charge in [-0.2, -0.15) is 0 Å². The molecule has 0 rings (SSSR count). The van der Waals surface area contributed by atoms with E-state index < -0.39 is 11.9 Å². The first-order valence-electron chi connectivity index (χ1n) is 7.38. The molecule has 0 saturated heterocycles. The Labute approximate surface area is 116 Å². The van der Waals surface area contributed by atoms with Gasteiger partial charge in [-0.15, -0.1) is 0 Å². The molecule has 2 N–H and O–H groups in total. The predicted octanol–water partition coefficient (Wildman–Crippen LogP) is 3.94. The molecule has 0 saturated carbocycles. The maximum atomic E-state index is 11.0. The lowest BCUT2D eigenvalue weighted by Gasteiger charge is -2.11. The Kier molecular flexibility index (Phi) is 10.2. The Morgan fingerprint density at radius 2 is 1.37 bits per heavy atom. The average Bonchev–Trinajstić information content (AvgIpc) is 2.29. The second kappa shape index (κ2) is 10.8. The zero-order valence-electron chi connectivity index (χ0n) is 12.2. The standard InChI is InChI=1S/C15H28O4/c1-12(2)8-5-3-4-6-9-13(15(18)19)10-7-11-14(16)17/h12-13H,3-11H2,1-2H3,(H,16,17)(H,18,19). The van der Waals surface area contributed by atoms with E-state index >= 15 is 0 Å². The number of rotatable bonds is 12. The Hall–Kier alpha value is -1.06. The highest BCUT2D eigenvalue weighted by atomic mass is 16.4. The van der Waals surface area contributed by atoms with Crippen LogP contribution in [0, 0.1) is 11.8 Å². The molecule has 0 aromatic heterocycles. The summed E-state index contributed by atoms with van der Waals surface area (Å²) in [6.07, 6.45) is 7.31. The summed E-state index contributed by atoms with van der Waals surface area (Å²) in [6, 6.07) is 0. The minimum Gasteiger partial charge on any atom is -0.481 e. The topological polar surface area (TPSA) is 74.6 Å². The summed E-state index contributed by atoms with van der Waals surface area (Å²) in [7, 11) is 0. The zero-order valence-corrected chi connectivity index (χ0v) is 12.2. The van der Waals surface area contributed by atoms with Gasteiger partial charge in [0, 0.05) is 6.42 Å². The molecule has 4 nitrogen and oxygen atoms in total. The van der Waals surface area contributed by atoms with E-state index in [-0.39, 0.29) is 12.3 Å². The minimum absolute atomic E-state index is 0.0676. The monoisotopic (exact) mass is 272 g/mol. The Balaban J connectivity index is 3.65. The fourth-order valence-corrected chi connectivity index (χ4v) is 2.19. The number of aliphatic carboxylic acids is 2. The van der Waals surface area contributed by atoms with Crippen LogP contribution in [-0.4, -0.2) is 22.2 Å². The van der Waals surface area contributed by atoms with Gasteiger partial charge in [0.15, 0.2) is 0 Å². The summed E-state index contributed by atoms with van der Waals surface area (Å²) in [5.74, 6) is -1.27. The smallest absolute Gasteiger partial charge is 0.306 e. The molecule has 0 spiro atoms. The van der Waals surface area contributed by atoms with Crippen molar-refractivity contribution in [2.75, 3.05) is 0 Å². The number of hydrogen-bond acceptors (Lipinski definition) is 2. The van der Waals surface area contributed by atoms with Crippen LogP contribution in [0.5, 0.6) is 0 Å². The number of hydrogen-bond donors (Lipinski definition) is 2. The average molecular weight is 272 g/mol. The molecule has 0 bridgehead atoms. The number of carbonyl (C=O) groups is 2. The fraction of sp³-hybridized carbons (Fsp3) is 0.867. The predicted molar refractivity (Wildman–Crippen MR) is 75.2 cm³/mol. The molecule has 112 valence electrons. The van der Waals surface area contributed by atoms with Crippen molar-refractivity contribution in [1.82, 2.24) is 0 Å². The van der Waals surface area contributed by atoms with Crippen molar-refractivity contribution in [1.29, 1.82) is 0 Å². The van der Waals surface area contributed by atoms with Crippen LogP contribution in [0.2, 0.25) is 0 Å². The van der Waals surface area contributed by atoms with Crippen LogP contribution >= 0.6 is 0 Å². The van der Waals surface area contributed by atoms with Crippen molar-refractivity contribution in [2.45, 2.75) is 71.6 Å². The number of carboxylic acids is 2. The van der Waals surface area contributed by atoms with Crippen LogP contribution in [0.3, 0.4) is 0 Å². The van der Waals surface area contributed by atoms with Gasteiger partial charge in [-0.3, -0.25) is 9.59 Å². The molecular formula is C15H28O4. The molecule has 1 unspecified atom stereocenters. The second-order valence-corrected chi connectivity index (χ2v) is 5.71. The Bertz CT molecular complexity index is 261. The summed E-state index contributed by atoms with van der Waals surface area (Å²) in [5.41, 5.74) is 0. The van der Waals surface area contributed by atoms with Gasteiger partial charge < -0.3 is 10.2 Å². The third-order valence-electron chi connectivity index (χ3n) is 3.38. The molecule has 0 fully saturated rings. The third kappa shape index (κ3) is 11.7. The van der Waals surface area contributed by atoms with Crippen LogP contribution in [0.25, 0.3) is 0 Å². The first-order chi connectivity index (χ1) is 8.93. The maximum absolute atomic E-state index is 11.0. The van der Waals surface area contributed by atoms with Crippen LogP contribution < -0.4 is 0 Å². The van der Waals surface area contributed by atoms with E-state index in [0.29, 0.717) is 19.3 Å². The van der Waals surface area contributed by atoms with Gasteiger partial charge in [-0.1, -0.05) is 46.0 Å². The van der Waals surface area contributed by atoms with Crippen molar-refractivity contribution in [2.24, 2.45) is 11.8 Å². The lowest BCUT2D eigenvalue weighted by Crippen LogP contribution is -2.14. The van der Waals surface area contributed by atoms with Crippen molar-refractivity contribution in [3.63, 3.8) is 0 Å². The first-order valence-corrected chi connectivity index (χ1v) is 7.38. The highest BCUT2D eigenvalue weighted by molar-refractivity contribution is 5.70. The van der Waals surface area contributed by atoms with Gasteiger partial charge in [0.2, 0.25) is 0 Å². The molecule has 0 aromatic carbocycles. The maximum Gasteiger partial charge on any atom is 0.306 e. The molecule has 0 aliphatic heterocycles. The van der Waals surface area contributed by atoms with E-state index in [1.165, 1.54) is 19.3 Å². The highest BCUT2D eigenvalue weighted by Crippen LogP contribution is 2.18. The quantitative estimate of drug-likeness (QED) is 0.528. The summed E-state index contributed by atoms with van der Waals surface area (Å²) in [4.78, 5) is 21.4. The van der Waals surface area contributed by atoms with E-state index in [4.69, 9.17) is 10.2 Å². The van der Waals surface area contributed by atoms with Crippen LogP contribution in [0.1, 0.15) is 71.6 Å². The van der Waals surface area contributed by atoms with E-state index in [0.717, 1.165) is 18.8 Å². The lowest BCUT2D eigenvalue weighted by atomic mass is 9.94. The minimum atomic E-state index is -0.849. The second-order valence-electron chi connectivity index (χ2n) is 5.71. The summed E-state index contributed by atoms with van der Waals surface area (Å²) in [6.45, 7) is 4.42. The lowest BCUT2D eigenvalue weighted by molar-refractivity contribution is -0.143. The van der Waals surface area contributed by atoms with E-state index in [1.807, 2.05) is 0 Å². The molecule has 1 atom stereocenters. The molecule has 0 amide bonds. The van der Waals surface area contributed by atoms with Gasteiger partial charge in [0.05, 0.1) is 5.92 Å². The van der Waals surface area contributed by atoms with Gasteiger partial charge in [0.1, 0.15) is 0 Å². The highest BCUT2D eigenvalue weighted by Gasteiger charge is 2.16. The SMILES string of the molecule is CC(C)CCCCCCC(CCCC(=O)O)C(=O)O. The fourth-order valence-electron chi connectivity index (χ4n) is 2.19. The van der Waals surface area contributed by atoms with Crippen LogP contribution in [0.15, 0.2) is 0 Å². The first kappa shape index (κ1) is 17.9. The van der Waals surface area contributed by atoms with Crippen molar-refractivity contribution in [3.8, 4) is 0 Å². The summed E-state index contributed by atoms with van der Waals surface area (Å²) >= 11 is 0. The normalized spacial score (nSPS) is 12.6. The molecule has 4 heteroatoms. The van der Waals surface area contributed by atoms with E-state index in [2.05, 4.69) is 13.8 Å². The molecule has 0 radical (unpaired) electrons. The van der Waals surface area contributed by atoms with Crippen molar-refractivity contribution in [3.05, 3.63) is 0 Å². The molecule has 0 aromatic rings. The van der Waals surface area contributed by atoms with Gasteiger partial charge >= 0.3 is 11.9 Å². The van der Waals surface area contributed by atoms with Gasteiger partial charge in [-0.25, -0.2) is 0 Å². The van der Waals surface area contributed by atoms with Crippen molar-refractivity contribution >= 4 is 11.9 Å². The zero-order chi connectivity index (χ0) is 14.7.